The van der Waals surface area contributed by atoms with E-state index in [0.717, 1.165) is 6.07 Å². The largest absolute Gasteiger partial charge is 0.507 e. The molecule has 0 spiro atoms. The summed E-state index contributed by atoms with van der Waals surface area (Å²) >= 11 is 0. The molecular formula is C11H10O5. The maximum absolute atomic E-state index is 11.1. The quantitative estimate of drug-likeness (QED) is 0.780. The summed E-state index contributed by atoms with van der Waals surface area (Å²) < 4.78 is 15.1. The van der Waals surface area contributed by atoms with Gasteiger partial charge < -0.3 is 19.0 Å². The summed E-state index contributed by atoms with van der Waals surface area (Å²) in [6, 6.07) is 4.23. The number of ether oxygens (including phenoxy) is 2. The number of fused-ring (bicyclic) bond motifs is 1. The zero-order valence-corrected chi connectivity index (χ0v) is 8.81. The van der Waals surface area contributed by atoms with Gasteiger partial charge in [0.05, 0.1) is 25.7 Å². The molecule has 0 atom stereocenters. The molecule has 1 aromatic carbocycles. The van der Waals surface area contributed by atoms with Gasteiger partial charge in [-0.1, -0.05) is 0 Å². The molecule has 0 saturated heterocycles. The highest BCUT2D eigenvalue weighted by molar-refractivity contribution is 5.89. The van der Waals surface area contributed by atoms with E-state index in [9.17, 15) is 9.90 Å². The summed E-state index contributed by atoms with van der Waals surface area (Å²) in [6.07, 6.45) is 0. The van der Waals surface area contributed by atoms with Crippen LogP contribution >= 0.6 is 0 Å². The van der Waals surface area contributed by atoms with Gasteiger partial charge >= 0.3 is 5.63 Å². The van der Waals surface area contributed by atoms with Crippen molar-refractivity contribution in [3.63, 3.8) is 0 Å². The van der Waals surface area contributed by atoms with E-state index in [2.05, 4.69) is 0 Å². The Morgan fingerprint density at radius 2 is 2.00 bits per heavy atom. The van der Waals surface area contributed by atoms with Gasteiger partial charge in [-0.15, -0.1) is 0 Å². The molecule has 1 aromatic heterocycles. The Kier molecular flexibility index (Phi) is 2.44. The molecule has 0 bridgehead atoms. The zero-order chi connectivity index (χ0) is 11.7. The van der Waals surface area contributed by atoms with Crippen LogP contribution in [0.4, 0.5) is 0 Å². The molecule has 2 aromatic rings. The topological polar surface area (TPSA) is 68.9 Å². The predicted molar refractivity (Wildman–Crippen MR) is 57.3 cm³/mol. The summed E-state index contributed by atoms with van der Waals surface area (Å²) in [4.78, 5) is 11.1. The van der Waals surface area contributed by atoms with Crippen LogP contribution in [0.15, 0.2) is 27.4 Å². The molecule has 0 amide bonds. The molecule has 1 heterocycles. The lowest BCUT2D eigenvalue weighted by atomic mass is 10.2. The van der Waals surface area contributed by atoms with Gasteiger partial charge in [-0.3, -0.25) is 0 Å². The highest BCUT2D eigenvalue weighted by Gasteiger charge is 2.14. The molecule has 0 fully saturated rings. The second-order valence-electron chi connectivity index (χ2n) is 3.13. The molecular weight excluding hydrogens is 212 g/mol. The van der Waals surface area contributed by atoms with Gasteiger partial charge in [0.25, 0.3) is 0 Å². The maximum atomic E-state index is 11.1. The van der Waals surface area contributed by atoms with Crippen LogP contribution in [0.5, 0.6) is 17.2 Å². The monoisotopic (exact) mass is 222 g/mol. The van der Waals surface area contributed by atoms with Crippen molar-refractivity contribution in [2.75, 3.05) is 14.2 Å². The molecule has 5 nitrogen and oxygen atoms in total. The first-order valence-electron chi connectivity index (χ1n) is 4.55. The minimum atomic E-state index is -0.642. The fraction of sp³-hybridized carbons (Fsp3) is 0.182. The molecule has 84 valence electrons. The summed E-state index contributed by atoms with van der Waals surface area (Å²) in [5.41, 5.74) is -0.469. The highest BCUT2D eigenvalue weighted by atomic mass is 16.5. The summed E-state index contributed by atoms with van der Waals surface area (Å²) in [6.45, 7) is 0. The van der Waals surface area contributed by atoms with Gasteiger partial charge in [0.1, 0.15) is 5.75 Å². The second-order valence-corrected chi connectivity index (χ2v) is 3.13. The Morgan fingerprint density at radius 1 is 1.25 bits per heavy atom. The van der Waals surface area contributed by atoms with Crippen molar-refractivity contribution in [2.24, 2.45) is 0 Å². The Labute approximate surface area is 90.8 Å². The maximum Gasteiger partial charge on any atom is 0.340 e. The third kappa shape index (κ3) is 1.46. The van der Waals surface area contributed by atoms with Gasteiger partial charge in [-0.2, -0.15) is 0 Å². The number of hydrogen-bond acceptors (Lipinski definition) is 5. The van der Waals surface area contributed by atoms with Crippen LogP contribution in [0.25, 0.3) is 11.0 Å². The Bertz CT molecular complexity index is 585. The van der Waals surface area contributed by atoms with E-state index in [1.807, 2.05) is 0 Å². The van der Waals surface area contributed by atoms with E-state index >= 15 is 0 Å². The standard InChI is InChI=1S/C11H10O5/c1-14-8-4-3-6-7(12)5-9(13)16-10(6)11(8)15-2/h3-5,12H,1-2H3. The Hall–Kier alpha value is -2.17. The van der Waals surface area contributed by atoms with E-state index in [4.69, 9.17) is 13.9 Å². The highest BCUT2D eigenvalue weighted by Crippen LogP contribution is 2.37. The van der Waals surface area contributed by atoms with Crippen LogP contribution < -0.4 is 15.1 Å². The number of hydrogen-bond donors (Lipinski definition) is 1. The molecule has 0 aliphatic rings. The van der Waals surface area contributed by atoms with Crippen molar-refractivity contribution in [3.8, 4) is 17.2 Å². The van der Waals surface area contributed by atoms with Crippen LogP contribution in [0, 0.1) is 0 Å². The van der Waals surface area contributed by atoms with Crippen LogP contribution in [0.2, 0.25) is 0 Å². The first-order valence-corrected chi connectivity index (χ1v) is 4.55. The molecule has 0 unspecified atom stereocenters. The molecule has 1 N–H and O–H groups in total. The van der Waals surface area contributed by atoms with Crippen LogP contribution in [-0.4, -0.2) is 19.3 Å². The van der Waals surface area contributed by atoms with Gasteiger partial charge in [0.2, 0.25) is 5.75 Å². The van der Waals surface area contributed by atoms with Crippen molar-refractivity contribution in [1.82, 2.24) is 0 Å². The first-order chi connectivity index (χ1) is 7.67. The van der Waals surface area contributed by atoms with Crippen molar-refractivity contribution in [2.45, 2.75) is 0 Å². The fourth-order valence-corrected chi connectivity index (χ4v) is 1.52. The molecule has 0 aliphatic carbocycles. The predicted octanol–water partition coefficient (Wildman–Crippen LogP) is 1.52. The van der Waals surface area contributed by atoms with E-state index < -0.39 is 5.63 Å². The van der Waals surface area contributed by atoms with Crippen LogP contribution in [0.1, 0.15) is 0 Å². The molecule has 0 saturated carbocycles. The molecule has 2 rings (SSSR count). The van der Waals surface area contributed by atoms with Crippen molar-refractivity contribution >= 4 is 11.0 Å². The van der Waals surface area contributed by atoms with Crippen molar-refractivity contribution in [3.05, 3.63) is 28.6 Å². The Morgan fingerprint density at radius 3 is 2.62 bits per heavy atom. The molecule has 5 heteroatoms. The lowest BCUT2D eigenvalue weighted by molar-refractivity contribution is 0.351. The summed E-state index contributed by atoms with van der Waals surface area (Å²) in [5.74, 6) is 0.573. The smallest absolute Gasteiger partial charge is 0.340 e. The van der Waals surface area contributed by atoms with E-state index in [1.54, 1.807) is 12.1 Å². The third-order valence-corrected chi connectivity index (χ3v) is 2.23. The zero-order valence-electron chi connectivity index (χ0n) is 8.81. The van der Waals surface area contributed by atoms with Gasteiger partial charge in [-0.25, -0.2) is 4.79 Å². The van der Waals surface area contributed by atoms with Crippen LogP contribution in [-0.2, 0) is 0 Å². The Balaban J connectivity index is 2.91. The lowest BCUT2D eigenvalue weighted by Gasteiger charge is -2.09. The number of rotatable bonds is 2. The van der Waals surface area contributed by atoms with E-state index in [0.29, 0.717) is 11.1 Å². The minimum absolute atomic E-state index is 0.146. The number of methoxy groups -OCH3 is 2. The third-order valence-electron chi connectivity index (χ3n) is 2.23. The van der Waals surface area contributed by atoms with Gasteiger partial charge in [-0.05, 0) is 12.1 Å². The minimum Gasteiger partial charge on any atom is -0.507 e. The SMILES string of the molecule is COc1ccc2c(O)cc(=O)oc2c1OC. The van der Waals surface area contributed by atoms with E-state index in [-0.39, 0.29) is 17.1 Å². The summed E-state index contributed by atoms with van der Waals surface area (Å²) in [5, 5.41) is 9.98. The number of aromatic hydroxyl groups is 1. The lowest BCUT2D eigenvalue weighted by Crippen LogP contribution is -1.98. The molecule has 16 heavy (non-hydrogen) atoms. The molecule has 0 radical (unpaired) electrons. The number of benzene rings is 1. The van der Waals surface area contributed by atoms with Gasteiger partial charge in [0.15, 0.2) is 11.3 Å². The normalized spacial score (nSPS) is 10.4. The average molecular weight is 222 g/mol. The van der Waals surface area contributed by atoms with E-state index in [1.165, 1.54) is 14.2 Å². The molecule has 0 aliphatic heterocycles. The van der Waals surface area contributed by atoms with Crippen molar-refractivity contribution in [1.29, 1.82) is 0 Å². The fourth-order valence-electron chi connectivity index (χ4n) is 1.52. The van der Waals surface area contributed by atoms with Crippen LogP contribution in [0.3, 0.4) is 0 Å². The van der Waals surface area contributed by atoms with Crippen molar-refractivity contribution < 1.29 is 19.0 Å². The first kappa shape index (κ1) is 10.4. The van der Waals surface area contributed by atoms with Gasteiger partial charge in [0, 0.05) is 0 Å². The average Bonchev–Trinajstić information content (AvgIpc) is 2.27. The second kappa shape index (κ2) is 3.77. The summed E-state index contributed by atoms with van der Waals surface area (Å²) in [7, 11) is 2.91.